The summed E-state index contributed by atoms with van der Waals surface area (Å²) in [5.41, 5.74) is 1.18. The topological polar surface area (TPSA) is 41.5 Å². The molecule has 0 heterocycles. The second kappa shape index (κ2) is 7.87. The number of benzene rings is 1. The Labute approximate surface area is 103 Å². The highest BCUT2D eigenvalue weighted by molar-refractivity contribution is 5.27. The monoisotopic (exact) mass is 235 g/mol. The molecule has 17 heavy (non-hydrogen) atoms. The van der Waals surface area contributed by atoms with Gasteiger partial charge in [0, 0.05) is 12.6 Å². The van der Waals surface area contributed by atoms with Crippen LogP contribution in [-0.2, 0) is 6.54 Å². The van der Waals surface area contributed by atoms with Gasteiger partial charge >= 0.3 is 0 Å². The Hall–Kier alpha value is -1.32. The van der Waals surface area contributed by atoms with Crippen LogP contribution >= 0.6 is 0 Å². The third-order valence-electron chi connectivity index (χ3n) is 2.60. The Morgan fingerprint density at radius 2 is 2.12 bits per heavy atom. The molecule has 0 aromatic heterocycles. The number of hydrogen-bond acceptors (Lipinski definition) is 3. The maximum Gasteiger partial charge on any atom is 0.119 e. The fourth-order valence-electron chi connectivity index (χ4n) is 1.46. The van der Waals surface area contributed by atoms with Crippen molar-refractivity contribution < 1.29 is 9.84 Å². The van der Waals surface area contributed by atoms with Crippen molar-refractivity contribution in [2.24, 2.45) is 0 Å². The highest BCUT2D eigenvalue weighted by Crippen LogP contribution is 2.12. The molecule has 0 fully saturated rings. The van der Waals surface area contributed by atoms with E-state index in [9.17, 15) is 0 Å². The van der Waals surface area contributed by atoms with Crippen molar-refractivity contribution in [2.75, 3.05) is 13.2 Å². The van der Waals surface area contributed by atoms with Crippen molar-refractivity contribution in [3.63, 3.8) is 0 Å². The van der Waals surface area contributed by atoms with Crippen molar-refractivity contribution >= 4 is 0 Å². The molecule has 1 unspecified atom stereocenters. The first kappa shape index (κ1) is 13.7. The first-order valence-electron chi connectivity index (χ1n) is 5.97. The molecule has 3 heteroatoms. The summed E-state index contributed by atoms with van der Waals surface area (Å²) in [6.45, 7) is 7.13. The molecule has 0 bridgehead atoms. The molecule has 0 amide bonds. The zero-order chi connectivity index (χ0) is 12.5. The molecule has 1 rings (SSSR count). The van der Waals surface area contributed by atoms with Crippen molar-refractivity contribution in [3.8, 4) is 5.75 Å². The lowest BCUT2D eigenvalue weighted by atomic mass is 10.2. The molecule has 0 aliphatic rings. The SMILES string of the molecule is C=CCOc1ccc(CNC(CC)CO)cc1. The summed E-state index contributed by atoms with van der Waals surface area (Å²) in [7, 11) is 0. The molecule has 0 spiro atoms. The molecule has 1 aromatic carbocycles. The van der Waals surface area contributed by atoms with E-state index >= 15 is 0 Å². The number of aliphatic hydroxyl groups excluding tert-OH is 1. The predicted molar refractivity (Wildman–Crippen MR) is 70.1 cm³/mol. The second-order valence-electron chi connectivity index (χ2n) is 3.91. The van der Waals surface area contributed by atoms with Crippen LogP contribution in [0.1, 0.15) is 18.9 Å². The molecule has 0 saturated heterocycles. The normalized spacial score (nSPS) is 12.1. The number of nitrogens with one attached hydrogen (secondary N) is 1. The second-order valence-corrected chi connectivity index (χ2v) is 3.91. The van der Waals surface area contributed by atoms with Crippen LogP contribution in [0.2, 0.25) is 0 Å². The Balaban J connectivity index is 2.42. The van der Waals surface area contributed by atoms with E-state index in [-0.39, 0.29) is 12.6 Å². The zero-order valence-electron chi connectivity index (χ0n) is 10.4. The average Bonchev–Trinajstić information content (AvgIpc) is 2.39. The zero-order valence-corrected chi connectivity index (χ0v) is 10.4. The van der Waals surface area contributed by atoms with E-state index in [1.807, 2.05) is 24.3 Å². The molecule has 2 N–H and O–H groups in total. The minimum atomic E-state index is 0.173. The maximum atomic E-state index is 9.05. The van der Waals surface area contributed by atoms with Gasteiger partial charge in [-0.3, -0.25) is 0 Å². The summed E-state index contributed by atoms with van der Waals surface area (Å²) < 4.78 is 5.40. The van der Waals surface area contributed by atoms with Gasteiger partial charge in [-0.25, -0.2) is 0 Å². The van der Waals surface area contributed by atoms with E-state index in [0.29, 0.717) is 6.61 Å². The van der Waals surface area contributed by atoms with Crippen LogP contribution in [0.5, 0.6) is 5.75 Å². The van der Waals surface area contributed by atoms with Crippen LogP contribution in [0.3, 0.4) is 0 Å². The third-order valence-corrected chi connectivity index (χ3v) is 2.60. The minimum Gasteiger partial charge on any atom is -0.490 e. The van der Waals surface area contributed by atoms with Gasteiger partial charge in [-0.1, -0.05) is 31.7 Å². The molecular weight excluding hydrogens is 214 g/mol. The van der Waals surface area contributed by atoms with Gasteiger partial charge in [0.25, 0.3) is 0 Å². The van der Waals surface area contributed by atoms with E-state index in [0.717, 1.165) is 18.7 Å². The summed E-state index contributed by atoms with van der Waals surface area (Å²) in [5, 5.41) is 12.3. The van der Waals surface area contributed by atoms with Gasteiger partial charge in [0.15, 0.2) is 0 Å². The van der Waals surface area contributed by atoms with Crippen molar-refractivity contribution in [1.82, 2.24) is 5.32 Å². The molecule has 0 aliphatic carbocycles. The Bertz CT molecular complexity index is 317. The van der Waals surface area contributed by atoms with E-state index < -0.39 is 0 Å². The molecule has 3 nitrogen and oxygen atoms in total. The molecule has 1 aromatic rings. The fraction of sp³-hybridized carbons (Fsp3) is 0.429. The fourth-order valence-corrected chi connectivity index (χ4v) is 1.46. The van der Waals surface area contributed by atoms with Gasteiger partial charge < -0.3 is 15.2 Å². The predicted octanol–water partition coefficient (Wildman–Crippen LogP) is 2.11. The quantitative estimate of drug-likeness (QED) is 0.678. The minimum absolute atomic E-state index is 0.173. The highest BCUT2D eigenvalue weighted by Gasteiger charge is 2.03. The molecular formula is C14H21NO2. The van der Waals surface area contributed by atoms with E-state index in [4.69, 9.17) is 9.84 Å². The Kier molecular flexibility index (Phi) is 6.37. The lowest BCUT2D eigenvalue weighted by Crippen LogP contribution is -2.31. The first-order chi connectivity index (χ1) is 8.30. The van der Waals surface area contributed by atoms with Crippen molar-refractivity contribution in [3.05, 3.63) is 42.5 Å². The number of ether oxygens (including phenoxy) is 1. The van der Waals surface area contributed by atoms with Gasteiger partial charge in [0.2, 0.25) is 0 Å². The first-order valence-corrected chi connectivity index (χ1v) is 5.97. The lowest BCUT2D eigenvalue weighted by Gasteiger charge is -2.14. The number of aliphatic hydroxyl groups is 1. The van der Waals surface area contributed by atoms with Crippen LogP contribution in [0.25, 0.3) is 0 Å². The van der Waals surface area contributed by atoms with E-state index in [1.54, 1.807) is 6.08 Å². The van der Waals surface area contributed by atoms with Crippen LogP contribution in [0.15, 0.2) is 36.9 Å². The largest absolute Gasteiger partial charge is 0.490 e. The number of hydrogen-bond donors (Lipinski definition) is 2. The van der Waals surface area contributed by atoms with Crippen LogP contribution in [-0.4, -0.2) is 24.4 Å². The Morgan fingerprint density at radius 3 is 2.65 bits per heavy atom. The molecule has 94 valence electrons. The van der Waals surface area contributed by atoms with E-state index in [1.165, 1.54) is 5.56 Å². The van der Waals surface area contributed by atoms with Gasteiger partial charge in [0.1, 0.15) is 12.4 Å². The summed E-state index contributed by atoms with van der Waals surface area (Å²) >= 11 is 0. The van der Waals surface area contributed by atoms with Crippen molar-refractivity contribution in [1.29, 1.82) is 0 Å². The summed E-state index contributed by atoms with van der Waals surface area (Å²) in [5.74, 6) is 0.850. The molecule has 0 radical (unpaired) electrons. The standard InChI is InChI=1S/C14H21NO2/c1-3-9-17-14-7-5-12(6-8-14)10-15-13(4-2)11-16/h3,5-8,13,15-16H,1,4,9-11H2,2H3. The lowest BCUT2D eigenvalue weighted by molar-refractivity contribution is 0.238. The van der Waals surface area contributed by atoms with Crippen LogP contribution in [0.4, 0.5) is 0 Å². The van der Waals surface area contributed by atoms with Crippen molar-refractivity contribution in [2.45, 2.75) is 25.9 Å². The maximum absolute atomic E-state index is 9.05. The summed E-state index contributed by atoms with van der Waals surface area (Å²) in [6, 6.07) is 8.11. The average molecular weight is 235 g/mol. The smallest absolute Gasteiger partial charge is 0.119 e. The third kappa shape index (κ3) is 5.02. The molecule has 1 atom stereocenters. The molecule has 0 aliphatic heterocycles. The highest BCUT2D eigenvalue weighted by atomic mass is 16.5. The van der Waals surface area contributed by atoms with Crippen LogP contribution < -0.4 is 10.1 Å². The number of rotatable bonds is 8. The summed E-state index contributed by atoms with van der Waals surface area (Å²) in [4.78, 5) is 0. The van der Waals surface area contributed by atoms with Gasteiger partial charge in [0.05, 0.1) is 6.61 Å². The van der Waals surface area contributed by atoms with Gasteiger partial charge in [-0.2, -0.15) is 0 Å². The van der Waals surface area contributed by atoms with Crippen LogP contribution in [0, 0.1) is 0 Å². The van der Waals surface area contributed by atoms with E-state index in [2.05, 4.69) is 18.8 Å². The van der Waals surface area contributed by atoms with Gasteiger partial charge in [-0.15, -0.1) is 0 Å². The van der Waals surface area contributed by atoms with Gasteiger partial charge in [-0.05, 0) is 24.1 Å². The summed E-state index contributed by atoms with van der Waals surface area (Å²) in [6.07, 6.45) is 2.65. The molecule has 0 saturated carbocycles. The Morgan fingerprint density at radius 1 is 1.41 bits per heavy atom.